The second-order valence-corrected chi connectivity index (χ2v) is 7.40. The van der Waals surface area contributed by atoms with Crippen molar-refractivity contribution in [1.29, 1.82) is 0 Å². The number of aliphatic hydroxyl groups excluding tert-OH is 3. The molecule has 3 rings (SSSR count). The number of esters is 1. The third-order valence-corrected chi connectivity index (χ3v) is 4.98. The lowest BCUT2D eigenvalue weighted by Gasteiger charge is -2.37. The third kappa shape index (κ3) is 7.10. The fourth-order valence-corrected chi connectivity index (χ4v) is 3.24. The van der Waals surface area contributed by atoms with Crippen molar-refractivity contribution in [2.24, 2.45) is 0 Å². The Morgan fingerprint density at radius 3 is 2.48 bits per heavy atom. The van der Waals surface area contributed by atoms with E-state index in [4.69, 9.17) is 14.2 Å². The lowest BCUT2D eigenvalue weighted by Crippen LogP contribution is -2.53. The topological polar surface area (TPSA) is 117 Å². The standard InChI is InChI=1S/C23H29NO7/c25-18(13-24-12-11-20(27)29-14-16-7-3-1-4-8-16)21(28)22-19(26)15-30-23(31-22)17-9-5-2-6-10-17/h1-10,18-19,21-26,28H,11-15H2/t18-,19+,21+,22+,23+/m0/s1. The van der Waals surface area contributed by atoms with Gasteiger partial charge in [-0.1, -0.05) is 60.7 Å². The van der Waals surface area contributed by atoms with Gasteiger partial charge in [-0.15, -0.1) is 0 Å². The molecule has 0 saturated carbocycles. The molecule has 31 heavy (non-hydrogen) atoms. The van der Waals surface area contributed by atoms with Gasteiger partial charge in [0.15, 0.2) is 6.29 Å². The van der Waals surface area contributed by atoms with Gasteiger partial charge in [-0.05, 0) is 5.56 Å². The molecular weight excluding hydrogens is 402 g/mol. The van der Waals surface area contributed by atoms with E-state index in [9.17, 15) is 20.1 Å². The number of hydrogen-bond acceptors (Lipinski definition) is 8. The Hall–Kier alpha value is -2.33. The van der Waals surface area contributed by atoms with Crippen LogP contribution >= 0.6 is 0 Å². The summed E-state index contributed by atoms with van der Waals surface area (Å²) in [7, 11) is 0. The molecule has 1 aliphatic rings. The lowest BCUT2D eigenvalue weighted by atomic mass is 10.0. The van der Waals surface area contributed by atoms with Gasteiger partial charge < -0.3 is 34.8 Å². The molecule has 8 heteroatoms. The summed E-state index contributed by atoms with van der Waals surface area (Å²) in [6.07, 6.45) is -5.22. The molecule has 0 aliphatic carbocycles. The molecule has 1 saturated heterocycles. The highest BCUT2D eigenvalue weighted by Crippen LogP contribution is 2.28. The summed E-state index contributed by atoms with van der Waals surface area (Å²) in [6.45, 7) is 0.495. The predicted octanol–water partition coefficient (Wildman–Crippen LogP) is 0.906. The maximum atomic E-state index is 11.8. The van der Waals surface area contributed by atoms with Crippen molar-refractivity contribution in [3.63, 3.8) is 0 Å². The average molecular weight is 431 g/mol. The molecule has 1 heterocycles. The molecule has 1 aliphatic heterocycles. The third-order valence-electron chi connectivity index (χ3n) is 4.98. The van der Waals surface area contributed by atoms with Gasteiger partial charge in [0.25, 0.3) is 0 Å². The molecule has 5 atom stereocenters. The van der Waals surface area contributed by atoms with Crippen LogP contribution in [-0.4, -0.2) is 65.4 Å². The minimum absolute atomic E-state index is 0.0192. The van der Waals surface area contributed by atoms with E-state index in [0.29, 0.717) is 0 Å². The molecule has 2 aromatic rings. The van der Waals surface area contributed by atoms with E-state index in [2.05, 4.69) is 5.32 Å². The summed E-state index contributed by atoms with van der Waals surface area (Å²) >= 11 is 0. The highest BCUT2D eigenvalue weighted by atomic mass is 16.7. The van der Waals surface area contributed by atoms with Crippen molar-refractivity contribution in [3.8, 4) is 0 Å². The zero-order valence-electron chi connectivity index (χ0n) is 17.2. The Morgan fingerprint density at radius 1 is 1.10 bits per heavy atom. The molecule has 0 spiro atoms. The molecule has 168 valence electrons. The van der Waals surface area contributed by atoms with E-state index < -0.39 is 30.7 Å². The van der Waals surface area contributed by atoms with Gasteiger partial charge in [-0.25, -0.2) is 0 Å². The normalized spacial score (nSPS) is 23.1. The van der Waals surface area contributed by atoms with Crippen LogP contribution in [0.2, 0.25) is 0 Å². The van der Waals surface area contributed by atoms with E-state index in [1.807, 2.05) is 60.7 Å². The summed E-state index contributed by atoms with van der Waals surface area (Å²) in [6, 6.07) is 18.6. The van der Waals surface area contributed by atoms with Crippen molar-refractivity contribution < 1.29 is 34.3 Å². The Morgan fingerprint density at radius 2 is 1.77 bits per heavy atom. The summed E-state index contributed by atoms with van der Waals surface area (Å²) in [5.41, 5.74) is 1.67. The van der Waals surface area contributed by atoms with Crippen LogP contribution in [0.1, 0.15) is 23.8 Å². The second kappa shape index (κ2) is 11.9. The molecule has 2 aromatic carbocycles. The maximum Gasteiger partial charge on any atom is 0.307 e. The first-order valence-corrected chi connectivity index (χ1v) is 10.3. The molecule has 0 unspecified atom stereocenters. The fourth-order valence-electron chi connectivity index (χ4n) is 3.24. The van der Waals surface area contributed by atoms with Gasteiger partial charge >= 0.3 is 5.97 Å². The largest absolute Gasteiger partial charge is 0.461 e. The van der Waals surface area contributed by atoms with E-state index in [1.165, 1.54) is 0 Å². The molecule has 0 aromatic heterocycles. The van der Waals surface area contributed by atoms with Crippen LogP contribution in [0.5, 0.6) is 0 Å². The minimum atomic E-state index is -1.33. The first-order valence-electron chi connectivity index (χ1n) is 10.3. The highest BCUT2D eigenvalue weighted by Gasteiger charge is 2.39. The molecule has 0 radical (unpaired) electrons. The Labute approximate surface area is 181 Å². The van der Waals surface area contributed by atoms with Crippen LogP contribution in [-0.2, 0) is 25.6 Å². The smallest absolute Gasteiger partial charge is 0.307 e. The summed E-state index contributed by atoms with van der Waals surface area (Å²) in [4.78, 5) is 11.8. The monoisotopic (exact) mass is 431 g/mol. The average Bonchev–Trinajstić information content (AvgIpc) is 2.81. The van der Waals surface area contributed by atoms with E-state index in [0.717, 1.165) is 11.1 Å². The zero-order chi connectivity index (χ0) is 22.1. The molecule has 0 bridgehead atoms. The first kappa shape index (κ1) is 23.3. The maximum absolute atomic E-state index is 11.8. The number of aliphatic hydroxyl groups is 3. The second-order valence-electron chi connectivity index (χ2n) is 7.40. The molecule has 4 N–H and O–H groups in total. The van der Waals surface area contributed by atoms with Gasteiger partial charge in [-0.2, -0.15) is 0 Å². The van der Waals surface area contributed by atoms with Crippen LogP contribution in [0, 0.1) is 0 Å². The van der Waals surface area contributed by atoms with Crippen LogP contribution in [0.15, 0.2) is 60.7 Å². The number of carbonyl (C=O) groups excluding carboxylic acids is 1. The molecular formula is C23H29NO7. The van der Waals surface area contributed by atoms with Crippen molar-refractivity contribution in [3.05, 3.63) is 71.8 Å². The van der Waals surface area contributed by atoms with Gasteiger partial charge in [0, 0.05) is 18.7 Å². The molecule has 0 amide bonds. The van der Waals surface area contributed by atoms with E-state index >= 15 is 0 Å². The van der Waals surface area contributed by atoms with Crippen LogP contribution in [0.3, 0.4) is 0 Å². The van der Waals surface area contributed by atoms with Crippen LogP contribution in [0.25, 0.3) is 0 Å². The summed E-state index contributed by atoms with van der Waals surface area (Å²) < 4.78 is 16.4. The number of carbonyl (C=O) groups is 1. The Balaban J connectivity index is 1.38. The number of ether oxygens (including phenoxy) is 3. The van der Waals surface area contributed by atoms with Crippen molar-refractivity contribution in [2.75, 3.05) is 19.7 Å². The number of benzene rings is 2. The minimum Gasteiger partial charge on any atom is -0.461 e. The number of nitrogens with one attached hydrogen (secondary N) is 1. The van der Waals surface area contributed by atoms with E-state index in [1.54, 1.807) is 0 Å². The highest BCUT2D eigenvalue weighted by molar-refractivity contribution is 5.69. The summed E-state index contributed by atoms with van der Waals surface area (Å²) in [5.74, 6) is -0.361. The van der Waals surface area contributed by atoms with Gasteiger partial charge in [0.2, 0.25) is 0 Å². The molecule has 8 nitrogen and oxygen atoms in total. The van der Waals surface area contributed by atoms with Gasteiger partial charge in [-0.3, -0.25) is 4.79 Å². The van der Waals surface area contributed by atoms with Crippen molar-refractivity contribution >= 4 is 5.97 Å². The van der Waals surface area contributed by atoms with Crippen molar-refractivity contribution in [1.82, 2.24) is 5.32 Å². The Bertz CT molecular complexity index is 789. The quantitative estimate of drug-likeness (QED) is 0.324. The van der Waals surface area contributed by atoms with Crippen LogP contribution < -0.4 is 5.32 Å². The predicted molar refractivity (Wildman–Crippen MR) is 112 cm³/mol. The SMILES string of the molecule is O=C(CCNC[C@H](O)[C@@H](O)[C@@H]1O[C@H](c2ccccc2)OC[C@H]1O)OCc1ccccc1. The first-order chi connectivity index (χ1) is 15.0. The number of hydrogen-bond donors (Lipinski definition) is 4. The van der Waals surface area contributed by atoms with Crippen LogP contribution in [0.4, 0.5) is 0 Å². The van der Waals surface area contributed by atoms with Gasteiger partial charge in [0.1, 0.15) is 24.9 Å². The fraction of sp³-hybridized carbons (Fsp3) is 0.435. The lowest BCUT2D eigenvalue weighted by molar-refractivity contribution is -0.282. The van der Waals surface area contributed by atoms with E-state index in [-0.39, 0.29) is 38.7 Å². The van der Waals surface area contributed by atoms with Crippen molar-refractivity contribution in [2.45, 2.75) is 43.7 Å². The molecule has 1 fully saturated rings. The zero-order valence-corrected chi connectivity index (χ0v) is 17.2. The Kier molecular flexibility index (Phi) is 8.96. The van der Waals surface area contributed by atoms with Gasteiger partial charge in [0.05, 0.1) is 19.1 Å². The number of rotatable bonds is 10. The summed E-state index contributed by atoms with van der Waals surface area (Å²) in [5, 5.41) is 33.8.